The Balaban J connectivity index is 3.08. The lowest BCUT2D eigenvalue weighted by Gasteiger charge is -2.18. The van der Waals surface area contributed by atoms with Gasteiger partial charge in [-0.1, -0.05) is 0 Å². The van der Waals surface area contributed by atoms with Gasteiger partial charge in [0.2, 0.25) is 0 Å². The lowest BCUT2D eigenvalue weighted by atomic mass is 10.1. The molecule has 1 aromatic heterocycles. The normalized spacial score (nSPS) is 12.1. The standard InChI is InChI=1S/C7H10F2N2/c1-7(2,3)11-4-5(8)6(9)10-11/h4H,1-3H3. The first-order valence-corrected chi connectivity index (χ1v) is 3.32. The van der Waals surface area contributed by atoms with E-state index in [1.807, 2.05) is 20.8 Å². The van der Waals surface area contributed by atoms with Crippen molar-refractivity contribution in [3.05, 3.63) is 18.0 Å². The highest BCUT2D eigenvalue weighted by Gasteiger charge is 2.17. The average molecular weight is 160 g/mol. The molecule has 0 bridgehead atoms. The lowest BCUT2D eigenvalue weighted by Crippen LogP contribution is -2.22. The van der Waals surface area contributed by atoms with Gasteiger partial charge in [0, 0.05) is 0 Å². The van der Waals surface area contributed by atoms with Crippen molar-refractivity contribution >= 4 is 0 Å². The number of hydrogen-bond donors (Lipinski definition) is 0. The summed E-state index contributed by atoms with van der Waals surface area (Å²) in [6, 6.07) is 0. The molecular weight excluding hydrogens is 150 g/mol. The summed E-state index contributed by atoms with van der Waals surface area (Å²) in [7, 11) is 0. The summed E-state index contributed by atoms with van der Waals surface area (Å²) >= 11 is 0. The van der Waals surface area contributed by atoms with Crippen molar-refractivity contribution in [2.75, 3.05) is 0 Å². The molecule has 0 N–H and O–H groups in total. The molecule has 0 saturated heterocycles. The minimum atomic E-state index is -1.04. The van der Waals surface area contributed by atoms with Crippen LogP contribution in [0.15, 0.2) is 6.20 Å². The molecule has 0 saturated carbocycles. The van der Waals surface area contributed by atoms with E-state index in [0.29, 0.717) is 0 Å². The number of hydrogen-bond acceptors (Lipinski definition) is 1. The second-order valence-electron chi connectivity index (χ2n) is 3.38. The van der Waals surface area contributed by atoms with E-state index in [1.165, 1.54) is 4.68 Å². The molecule has 2 nitrogen and oxygen atoms in total. The third kappa shape index (κ3) is 1.56. The molecule has 0 aliphatic carbocycles. The summed E-state index contributed by atoms with van der Waals surface area (Å²) in [5.41, 5.74) is -0.370. The quantitative estimate of drug-likeness (QED) is 0.567. The number of rotatable bonds is 0. The predicted octanol–water partition coefficient (Wildman–Crippen LogP) is 1.92. The summed E-state index contributed by atoms with van der Waals surface area (Å²) in [6.07, 6.45) is 1.05. The molecule has 0 aromatic carbocycles. The Hall–Kier alpha value is -0.930. The van der Waals surface area contributed by atoms with Crippen LogP contribution in [0.5, 0.6) is 0 Å². The second-order valence-corrected chi connectivity index (χ2v) is 3.38. The zero-order valence-electron chi connectivity index (χ0n) is 6.73. The van der Waals surface area contributed by atoms with Gasteiger partial charge in [-0.05, 0) is 20.8 Å². The van der Waals surface area contributed by atoms with E-state index < -0.39 is 11.8 Å². The minimum absolute atomic E-state index is 0.370. The smallest absolute Gasteiger partial charge is 0.261 e. The van der Waals surface area contributed by atoms with Crippen LogP contribution in [-0.2, 0) is 5.54 Å². The largest absolute Gasteiger partial charge is 0.268 e. The molecule has 0 aliphatic heterocycles. The molecule has 1 heterocycles. The monoisotopic (exact) mass is 160 g/mol. The molecule has 1 rings (SSSR count). The SMILES string of the molecule is CC(C)(C)n1cc(F)c(F)n1. The molecule has 0 unspecified atom stereocenters. The van der Waals surface area contributed by atoms with E-state index in [0.717, 1.165) is 6.20 Å². The van der Waals surface area contributed by atoms with Crippen molar-refractivity contribution in [3.8, 4) is 0 Å². The van der Waals surface area contributed by atoms with E-state index in [9.17, 15) is 8.78 Å². The first kappa shape index (κ1) is 8.17. The van der Waals surface area contributed by atoms with Gasteiger partial charge < -0.3 is 0 Å². The summed E-state index contributed by atoms with van der Waals surface area (Å²) in [6.45, 7) is 5.46. The lowest BCUT2D eigenvalue weighted by molar-refractivity contribution is 0.342. The van der Waals surface area contributed by atoms with Crippen molar-refractivity contribution in [1.29, 1.82) is 0 Å². The summed E-state index contributed by atoms with van der Waals surface area (Å²) in [4.78, 5) is 0. The maximum absolute atomic E-state index is 12.4. The van der Waals surface area contributed by atoms with E-state index in [2.05, 4.69) is 5.10 Å². The van der Waals surface area contributed by atoms with Gasteiger partial charge in [-0.15, -0.1) is 5.10 Å². The van der Waals surface area contributed by atoms with Crippen LogP contribution in [0.4, 0.5) is 8.78 Å². The van der Waals surface area contributed by atoms with Crippen molar-refractivity contribution in [2.24, 2.45) is 0 Å². The van der Waals surface area contributed by atoms with Gasteiger partial charge in [-0.3, -0.25) is 4.68 Å². The van der Waals surface area contributed by atoms with Crippen molar-refractivity contribution in [3.63, 3.8) is 0 Å². The van der Waals surface area contributed by atoms with Crippen LogP contribution < -0.4 is 0 Å². The average Bonchev–Trinajstić information content (AvgIpc) is 2.11. The Bertz CT molecular complexity index is 240. The number of nitrogens with zero attached hydrogens (tertiary/aromatic N) is 2. The minimum Gasteiger partial charge on any atom is -0.261 e. The zero-order valence-corrected chi connectivity index (χ0v) is 6.73. The second kappa shape index (κ2) is 2.29. The number of aromatic nitrogens is 2. The van der Waals surface area contributed by atoms with Crippen LogP contribution in [0.2, 0.25) is 0 Å². The van der Waals surface area contributed by atoms with Gasteiger partial charge in [0.25, 0.3) is 5.95 Å². The molecule has 0 fully saturated rings. The molecule has 0 radical (unpaired) electrons. The van der Waals surface area contributed by atoms with E-state index in [-0.39, 0.29) is 5.54 Å². The molecule has 11 heavy (non-hydrogen) atoms. The zero-order chi connectivity index (χ0) is 8.65. The van der Waals surface area contributed by atoms with Crippen LogP contribution in [0.25, 0.3) is 0 Å². The van der Waals surface area contributed by atoms with Gasteiger partial charge in [0.15, 0.2) is 5.82 Å². The summed E-state index contributed by atoms with van der Waals surface area (Å²) in [5.74, 6) is -1.94. The first-order chi connectivity index (χ1) is 4.91. The molecule has 1 aromatic rings. The molecule has 0 aliphatic rings. The van der Waals surface area contributed by atoms with Crippen LogP contribution in [0, 0.1) is 11.8 Å². The van der Waals surface area contributed by atoms with E-state index in [1.54, 1.807) is 0 Å². The topological polar surface area (TPSA) is 17.8 Å². The maximum Gasteiger partial charge on any atom is 0.268 e. The van der Waals surface area contributed by atoms with Crippen LogP contribution >= 0.6 is 0 Å². The first-order valence-electron chi connectivity index (χ1n) is 3.32. The van der Waals surface area contributed by atoms with Crippen molar-refractivity contribution in [2.45, 2.75) is 26.3 Å². The van der Waals surface area contributed by atoms with Gasteiger partial charge in [-0.2, -0.15) is 4.39 Å². The molecule has 4 heteroatoms. The van der Waals surface area contributed by atoms with E-state index in [4.69, 9.17) is 0 Å². The highest BCUT2D eigenvalue weighted by atomic mass is 19.2. The Morgan fingerprint density at radius 1 is 1.36 bits per heavy atom. The highest BCUT2D eigenvalue weighted by molar-refractivity contribution is 4.90. The van der Waals surface area contributed by atoms with E-state index >= 15 is 0 Å². The molecule has 0 amide bonds. The fourth-order valence-electron chi connectivity index (χ4n) is 0.675. The highest BCUT2D eigenvalue weighted by Crippen LogP contribution is 2.14. The Kier molecular flexibility index (Phi) is 1.70. The molecule has 0 spiro atoms. The Morgan fingerprint density at radius 2 is 1.91 bits per heavy atom. The van der Waals surface area contributed by atoms with Crippen molar-refractivity contribution < 1.29 is 8.78 Å². The Labute approximate surface area is 63.8 Å². The Morgan fingerprint density at radius 3 is 2.09 bits per heavy atom. The van der Waals surface area contributed by atoms with Crippen molar-refractivity contribution in [1.82, 2.24) is 9.78 Å². The molecular formula is C7H10F2N2. The third-order valence-corrected chi connectivity index (χ3v) is 1.32. The van der Waals surface area contributed by atoms with Gasteiger partial charge >= 0.3 is 0 Å². The number of halogens is 2. The predicted molar refractivity (Wildman–Crippen MR) is 37.1 cm³/mol. The fraction of sp³-hybridized carbons (Fsp3) is 0.571. The van der Waals surface area contributed by atoms with Crippen LogP contribution in [0.1, 0.15) is 20.8 Å². The maximum atomic E-state index is 12.4. The van der Waals surface area contributed by atoms with Gasteiger partial charge in [0.05, 0.1) is 11.7 Å². The van der Waals surface area contributed by atoms with Crippen LogP contribution in [-0.4, -0.2) is 9.78 Å². The van der Waals surface area contributed by atoms with Gasteiger partial charge in [0.1, 0.15) is 0 Å². The van der Waals surface area contributed by atoms with Gasteiger partial charge in [-0.25, -0.2) is 4.39 Å². The molecule has 62 valence electrons. The third-order valence-electron chi connectivity index (χ3n) is 1.32. The summed E-state index contributed by atoms with van der Waals surface area (Å²) in [5, 5.41) is 3.36. The molecule has 0 atom stereocenters. The summed E-state index contributed by atoms with van der Waals surface area (Å²) < 4.78 is 26.0. The fourth-order valence-corrected chi connectivity index (χ4v) is 0.675. The van der Waals surface area contributed by atoms with Crippen LogP contribution in [0.3, 0.4) is 0 Å².